The molecule has 1 aromatic carbocycles. The van der Waals surface area contributed by atoms with Crippen LogP contribution in [0.5, 0.6) is 0 Å². The van der Waals surface area contributed by atoms with Crippen molar-refractivity contribution in [3.05, 3.63) is 46.9 Å². The zero-order valence-corrected chi connectivity index (χ0v) is 16.0. The summed E-state index contributed by atoms with van der Waals surface area (Å²) in [4.78, 5) is 21.1. The first-order valence-corrected chi connectivity index (χ1v) is 8.84. The highest BCUT2D eigenvalue weighted by molar-refractivity contribution is 5.93. The van der Waals surface area contributed by atoms with E-state index in [0.29, 0.717) is 23.3 Å². The highest BCUT2D eigenvalue weighted by Gasteiger charge is 2.14. The van der Waals surface area contributed by atoms with Crippen molar-refractivity contribution in [3.63, 3.8) is 0 Å². The minimum Gasteiger partial charge on any atom is -0.348 e. The molecule has 5 nitrogen and oxygen atoms in total. The van der Waals surface area contributed by atoms with Crippen molar-refractivity contribution < 1.29 is 4.79 Å². The standard InChI is InChI=1S/C20H28N4O/c1-7-14(5)21-20(25)17-11-18(23-15(6)22-17)24-19-13(4)9-8-10-16(19)12(2)3/h8-12,14H,7H2,1-6H3,(H,21,25)(H,22,23,24). The number of carbonyl (C=O) groups excluding carboxylic acids is 1. The molecule has 0 spiro atoms. The van der Waals surface area contributed by atoms with Gasteiger partial charge in [0, 0.05) is 17.8 Å². The molecule has 5 heteroatoms. The number of hydrogen-bond donors (Lipinski definition) is 2. The summed E-state index contributed by atoms with van der Waals surface area (Å²) >= 11 is 0. The van der Waals surface area contributed by atoms with E-state index in [-0.39, 0.29) is 11.9 Å². The van der Waals surface area contributed by atoms with E-state index in [2.05, 4.69) is 59.6 Å². The van der Waals surface area contributed by atoms with E-state index in [1.807, 2.05) is 13.8 Å². The van der Waals surface area contributed by atoms with Crippen LogP contribution < -0.4 is 10.6 Å². The number of carbonyl (C=O) groups is 1. The summed E-state index contributed by atoms with van der Waals surface area (Å²) in [5.41, 5.74) is 3.80. The van der Waals surface area contributed by atoms with E-state index in [0.717, 1.165) is 17.7 Å². The Morgan fingerprint density at radius 2 is 1.88 bits per heavy atom. The van der Waals surface area contributed by atoms with Gasteiger partial charge in [0.2, 0.25) is 0 Å². The Morgan fingerprint density at radius 3 is 2.52 bits per heavy atom. The minimum absolute atomic E-state index is 0.114. The quantitative estimate of drug-likeness (QED) is 0.813. The second-order valence-corrected chi connectivity index (χ2v) is 6.79. The Labute approximate surface area is 150 Å². The number of nitrogens with zero attached hydrogens (tertiary/aromatic N) is 2. The molecule has 0 saturated carbocycles. The number of aromatic nitrogens is 2. The van der Waals surface area contributed by atoms with Crippen LogP contribution in [0.25, 0.3) is 0 Å². The van der Waals surface area contributed by atoms with Crippen molar-refractivity contribution in [3.8, 4) is 0 Å². The molecule has 1 unspecified atom stereocenters. The van der Waals surface area contributed by atoms with Crippen LogP contribution in [0, 0.1) is 13.8 Å². The molecule has 1 atom stereocenters. The molecule has 25 heavy (non-hydrogen) atoms. The summed E-state index contributed by atoms with van der Waals surface area (Å²) in [6, 6.07) is 8.07. The van der Waals surface area contributed by atoms with E-state index < -0.39 is 0 Å². The van der Waals surface area contributed by atoms with Gasteiger partial charge < -0.3 is 10.6 Å². The fourth-order valence-electron chi connectivity index (χ4n) is 2.62. The van der Waals surface area contributed by atoms with Crippen LogP contribution in [0.3, 0.4) is 0 Å². The average molecular weight is 340 g/mol. The lowest BCUT2D eigenvalue weighted by Gasteiger charge is -2.17. The Hall–Kier alpha value is -2.43. The van der Waals surface area contributed by atoms with Gasteiger partial charge in [-0.3, -0.25) is 4.79 Å². The topological polar surface area (TPSA) is 66.9 Å². The number of nitrogens with one attached hydrogen (secondary N) is 2. The lowest BCUT2D eigenvalue weighted by molar-refractivity contribution is 0.0934. The van der Waals surface area contributed by atoms with Crippen LogP contribution in [0.1, 0.15) is 67.5 Å². The van der Waals surface area contributed by atoms with Gasteiger partial charge in [-0.1, -0.05) is 39.0 Å². The zero-order chi connectivity index (χ0) is 18.6. The fraction of sp³-hybridized carbons (Fsp3) is 0.450. The van der Waals surface area contributed by atoms with Gasteiger partial charge in [-0.05, 0) is 44.2 Å². The Morgan fingerprint density at radius 1 is 1.16 bits per heavy atom. The largest absolute Gasteiger partial charge is 0.348 e. The number of amides is 1. The Kier molecular flexibility index (Phi) is 6.12. The summed E-state index contributed by atoms with van der Waals surface area (Å²) in [5.74, 6) is 1.42. The maximum Gasteiger partial charge on any atom is 0.270 e. The smallest absolute Gasteiger partial charge is 0.270 e. The molecule has 0 bridgehead atoms. The lowest BCUT2D eigenvalue weighted by Crippen LogP contribution is -2.32. The van der Waals surface area contributed by atoms with Crippen LogP contribution in [0.2, 0.25) is 0 Å². The predicted octanol–water partition coefficient (Wildman–Crippen LogP) is 4.49. The molecule has 0 aliphatic rings. The van der Waals surface area contributed by atoms with E-state index in [9.17, 15) is 4.79 Å². The molecular formula is C20H28N4O. The van der Waals surface area contributed by atoms with Gasteiger partial charge in [-0.25, -0.2) is 9.97 Å². The highest BCUT2D eigenvalue weighted by Crippen LogP contribution is 2.29. The van der Waals surface area contributed by atoms with Crippen molar-refractivity contribution in [2.24, 2.45) is 0 Å². The van der Waals surface area contributed by atoms with Crippen LogP contribution in [-0.2, 0) is 0 Å². The first-order chi connectivity index (χ1) is 11.8. The van der Waals surface area contributed by atoms with E-state index >= 15 is 0 Å². The molecule has 0 saturated heterocycles. The van der Waals surface area contributed by atoms with Gasteiger partial charge in [-0.15, -0.1) is 0 Å². The third-order valence-corrected chi connectivity index (χ3v) is 4.24. The number of anilines is 2. The van der Waals surface area contributed by atoms with E-state index in [1.54, 1.807) is 13.0 Å². The first-order valence-electron chi connectivity index (χ1n) is 8.84. The van der Waals surface area contributed by atoms with Crippen LogP contribution in [0.4, 0.5) is 11.5 Å². The maximum atomic E-state index is 12.4. The summed E-state index contributed by atoms with van der Waals surface area (Å²) in [6.07, 6.45) is 0.877. The Bertz CT molecular complexity index is 755. The van der Waals surface area contributed by atoms with Crippen LogP contribution in [0.15, 0.2) is 24.3 Å². The van der Waals surface area contributed by atoms with Crippen LogP contribution in [-0.4, -0.2) is 21.9 Å². The van der Waals surface area contributed by atoms with E-state index in [1.165, 1.54) is 5.56 Å². The minimum atomic E-state index is -0.170. The molecule has 1 amide bonds. The molecule has 0 aliphatic heterocycles. The summed E-state index contributed by atoms with van der Waals surface area (Å²) < 4.78 is 0. The number of aryl methyl sites for hydroxylation is 2. The summed E-state index contributed by atoms with van der Waals surface area (Å²) in [6.45, 7) is 12.2. The lowest BCUT2D eigenvalue weighted by atomic mass is 9.98. The number of para-hydroxylation sites is 1. The number of benzene rings is 1. The highest BCUT2D eigenvalue weighted by atomic mass is 16.1. The molecule has 134 valence electrons. The van der Waals surface area contributed by atoms with Gasteiger partial charge in [-0.2, -0.15) is 0 Å². The first kappa shape index (κ1) is 18.9. The molecular weight excluding hydrogens is 312 g/mol. The van der Waals surface area contributed by atoms with Crippen molar-refractivity contribution in [2.75, 3.05) is 5.32 Å². The monoisotopic (exact) mass is 340 g/mol. The molecule has 0 aliphatic carbocycles. The molecule has 0 fully saturated rings. The predicted molar refractivity (Wildman–Crippen MR) is 103 cm³/mol. The van der Waals surface area contributed by atoms with Gasteiger partial charge in [0.1, 0.15) is 17.3 Å². The normalized spacial score (nSPS) is 12.1. The number of rotatable bonds is 6. The average Bonchev–Trinajstić information content (AvgIpc) is 2.55. The summed E-state index contributed by atoms with van der Waals surface area (Å²) in [7, 11) is 0. The van der Waals surface area contributed by atoms with Gasteiger partial charge in [0.25, 0.3) is 5.91 Å². The second-order valence-electron chi connectivity index (χ2n) is 6.79. The van der Waals surface area contributed by atoms with Gasteiger partial charge in [0.15, 0.2) is 0 Å². The Balaban J connectivity index is 2.34. The van der Waals surface area contributed by atoms with Crippen molar-refractivity contribution in [1.82, 2.24) is 15.3 Å². The molecule has 2 rings (SSSR count). The zero-order valence-electron chi connectivity index (χ0n) is 16.0. The molecule has 2 N–H and O–H groups in total. The van der Waals surface area contributed by atoms with Gasteiger partial charge >= 0.3 is 0 Å². The molecule has 1 aromatic heterocycles. The fourth-order valence-corrected chi connectivity index (χ4v) is 2.62. The summed E-state index contributed by atoms with van der Waals surface area (Å²) in [5, 5.41) is 6.34. The molecule has 0 radical (unpaired) electrons. The SMILES string of the molecule is CCC(C)NC(=O)c1cc(Nc2c(C)cccc2C(C)C)nc(C)n1. The van der Waals surface area contributed by atoms with Crippen molar-refractivity contribution in [2.45, 2.75) is 59.9 Å². The third-order valence-electron chi connectivity index (χ3n) is 4.24. The van der Waals surface area contributed by atoms with Crippen LogP contribution >= 0.6 is 0 Å². The van der Waals surface area contributed by atoms with Gasteiger partial charge in [0.05, 0.1) is 0 Å². The molecule has 2 aromatic rings. The van der Waals surface area contributed by atoms with Crippen molar-refractivity contribution in [1.29, 1.82) is 0 Å². The van der Waals surface area contributed by atoms with Crippen molar-refractivity contribution >= 4 is 17.4 Å². The van der Waals surface area contributed by atoms with E-state index in [4.69, 9.17) is 0 Å². The maximum absolute atomic E-state index is 12.4. The second kappa shape index (κ2) is 8.10. The number of hydrogen-bond acceptors (Lipinski definition) is 4. The third kappa shape index (κ3) is 4.78. The molecule has 1 heterocycles.